The number of amides is 2. The molecule has 0 bridgehead atoms. The van der Waals surface area contributed by atoms with Crippen molar-refractivity contribution in [2.24, 2.45) is 10.7 Å². The number of anilines is 1. The van der Waals surface area contributed by atoms with Crippen LogP contribution in [0, 0.1) is 6.92 Å². The van der Waals surface area contributed by atoms with Crippen LogP contribution in [0.4, 0.5) is 11.4 Å². The third-order valence-corrected chi connectivity index (χ3v) is 5.52. The van der Waals surface area contributed by atoms with Crippen molar-refractivity contribution in [2.45, 2.75) is 26.8 Å². The van der Waals surface area contributed by atoms with Crippen molar-refractivity contribution in [1.29, 1.82) is 0 Å². The number of carbonyl (C=O) groups excluding carboxylic acids is 3. The fourth-order valence-corrected chi connectivity index (χ4v) is 3.70. The Morgan fingerprint density at radius 3 is 2.45 bits per heavy atom. The number of nitrogens with two attached hydrogens (primary N) is 1. The first kappa shape index (κ1) is 37.5. The maximum atomic E-state index is 12.8. The quantitative estimate of drug-likeness (QED) is 0.0844. The molecule has 2 aromatic rings. The number of methoxy groups -OCH3 is 2. The summed E-state index contributed by atoms with van der Waals surface area (Å²) < 4.78 is 12.0. The Bertz CT molecular complexity index is 1190. The molecule has 0 unspecified atom stereocenters. The normalized spacial score (nSPS) is 10.1. The highest BCUT2D eigenvalue weighted by atomic mass is 16.5. The summed E-state index contributed by atoms with van der Waals surface area (Å²) in [6.07, 6.45) is 7.29. The van der Waals surface area contributed by atoms with E-state index in [9.17, 15) is 14.4 Å². The fraction of sp³-hybridized carbons (Fsp3) is 0.367. The predicted octanol–water partition coefficient (Wildman–Crippen LogP) is 3.20. The Balaban J connectivity index is 0.00000130. The number of rotatable bonds is 17. The molecule has 42 heavy (non-hydrogen) atoms. The highest BCUT2D eigenvalue weighted by Crippen LogP contribution is 2.39. The maximum absolute atomic E-state index is 12.8. The molecule has 2 rings (SSSR count). The van der Waals surface area contributed by atoms with E-state index in [0.29, 0.717) is 73.7 Å². The van der Waals surface area contributed by atoms with Crippen LogP contribution < -0.4 is 26.0 Å². The average molecular weight is 584 g/mol. The third-order valence-electron chi connectivity index (χ3n) is 5.52. The molecule has 0 atom stereocenters. The van der Waals surface area contributed by atoms with E-state index in [2.05, 4.69) is 46.3 Å². The molecule has 12 heteroatoms. The summed E-state index contributed by atoms with van der Waals surface area (Å²) in [7, 11) is 4.65. The Morgan fingerprint density at radius 2 is 1.93 bits per heavy atom. The number of aryl methyl sites for hydroxylation is 2. The molecular weight excluding hydrogens is 538 g/mol. The molecule has 2 amide bonds. The highest BCUT2D eigenvalue weighted by molar-refractivity contribution is 5.93. The maximum Gasteiger partial charge on any atom is 0.270 e. The van der Waals surface area contributed by atoms with E-state index in [0.717, 1.165) is 11.3 Å². The van der Waals surface area contributed by atoms with Gasteiger partial charge in [0.25, 0.3) is 5.91 Å². The molecule has 1 heterocycles. The van der Waals surface area contributed by atoms with Crippen molar-refractivity contribution >= 4 is 36.7 Å². The van der Waals surface area contributed by atoms with Crippen LogP contribution in [-0.2, 0) is 16.1 Å². The molecule has 230 valence electrons. The van der Waals surface area contributed by atoms with Gasteiger partial charge in [0.2, 0.25) is 6.41 Å². The summed E-state index contributed by atoms with van der Waals surface area (Å²) in [5, 5.41) is 9.83. The third kappa shape index (κ3) is 12.3. The number of hydrogen-bond donors (Lipinski definition) is 3. The van der Waals surface area contributed by atoms with Crippen LogP contribution in [0.1, 0.15) is 39.9 Å². The standard InChI is InChI=1S/C21H28N6O4.C8H12O.CH5N/c1-5-27-18(9-15(2)25-27)21(30)24-13-26(8-6-7-23-14-29)20-17(22-3)10-16(12-28)11-19(20)31-4;1-4-6-8(5-2)7-9-3;1-2/h9-12,14H,3,5-8,13H2,1-2,4H3,(H,23,29)(H,24,30);4-6H,1-2,7H2,3H3;2H2,1H3/b;8-6+;. The van der Waals surface area contributed by atoms with Crippen LogP contribution in [0.25, 0.3) is 0 Å². The van der Waals surface area contributed by atoms with Crippen molar-refractivity contribution in [3.05, 3.63) is 72.1 Å². The first-order valence-corrected chi connectivity index (χ1v) is 13.2. The number of aliphatic imine (C=N–C) groups is 1. The number of aromatic nitrogens is 2. The second-order valence-corrected chi connectivity index (χ2v) is 8.32. The van der Waals surface area contributed by atoms with Crippen molar-refractivity contribution < 1.29 is 23.9 Å². The Morgan fingerprint density at radius 1 is 1.21 bits per heavy atom. The number of carbonyl (C=O) groups is 3. The first-order valence-electron chi connectivity index (χ1n) is 13.2. The number of ether oxygens (including phenoxy) is 2. The molecule has 4 N–H and O–H groups in total. The van der Waals surface area contributed by atoms with Crippen molar-refractivity contribution in [3.63, 3.8) is 0 Å². The van der Waals surface area contributed by atoms with Gasteiger partial charge in [0.05, 0.1) is 31.8 Å². The zero-order chi connectivity index (χ0) is 31.9. The molecule has 0 radical (unpaired) electrons. The smallest absolute Gasteiger partial charge is 0.270 e. The number of aldehydes is 1. The summed E-state index contributed by atoms with van der Waals surface area (Å²) in [6, 6.07) is 4.93. The van der Waals surface area contributed by atoms with Crippen LogP contribution in [0.3, 0.4) is 0 Å². The second-order valence-electron chi connectivity index (χ2n) is 8.32. The van der Waals surface area contributed by atoms with Crippen LogP contribution in [0.2, 0.25) is 0 Å². The van der Waals surface area contributed by atoms with Crippen LogP contribution in [0.5, 0.6) is 5.75 Å². The van der Waals surface area contributed by atoms with Gasteiger partial charge in [0.15, 0.2) is 0 Å². The van der Waals surface area contributed by atoms with Crippen LogP contribution in [0.15, 0.2) is 60.2 Å². The molecule has 0 fully saturated rings. The molecule has 12 nitrogen and oxygen atoms in total. The molecule has 1 aromatic heterocycles. The minimum Gasteiger partial charge on any atom is -0.494 e. The highest BCUT2D eigenvalue weighted by Gasteiger charge is 2.20. The van der Waals surface area contributed by atoms with Gasteiger partial charge in [-0.3, -0.25) is 24.1 Å². The predicted molar refractivity (Wildman–Crippen MR) is 169 cm³/mol. The molecule has 0 saturated heterocycles. The molecule has 0 aliphatic carbocycles. The summed E-state index contributed by atoms with van der Waals surface area (Å²) in [6.45, 7) is 16.8. The number of nitrogens with zero attached hydrogens (tertiary/aromatic N) is 4. The Kier molecular flexibility index (Phi) is 19.8. The van der Waals surface area contributed by atoms with Gasteiger partial charge in [-0.15, -0.1) is 0 Å². The fourth-order valence-electron chi connectivity index (χ4n) is 3.70. The molecule has 0 aliphatic rings. The summed E-state index contributed by atoms with van der Waals surface area (Å²) in [4.78, 5) is 40.5. The van der Waals surface area contributed by atoms with E-state index in [4.69, 9.17) is 9.47 Å². The Hall–Kier alpha value is -4.55. The number of allylic oxidation sites excluding steroid dienone is 2. The minimum absolute atomic E-state index is 0.146. The molecular formula is C30H45N7O5. The van der Waals surface area contributed by atoms with Gasteiger partial charge in [-0.05, 0) is 57.8 Å². The molecule has 0 saturated carbocycles. The lowest BCUT2D eigenvalue weighted by molar-refractivity contribution is -0.109. The van der Waals surface area contributed by atoms with Crippen LogP contribution >= 0.6 is 0 Å². The van der Waals surface area contributed by atoms with E-state index in [-0.39, 0.29) is 12.6 Å². The van der Waals surface area contributed by atoms with E-state index >= 15 is 0 Å². The second kappa shape index (κ2) is 22.2. The summed E-state index contributed by atoms with van der Waals surface area (Å²) in [5.74, 6) is 0.161. The van der Waals surface area contributed by atoms with Gasteiger partial charge in [-0.25, -0.2) is 0 Å². The van der Waals surface area contributed by atoms with E-state index < -0.39 is 0 Å². The Labute approximate surface area is 249 Å². The van der Waals surface area contributed by atoms with Crippen LogP contribution in [-0.4, -0.2) is 82.7 Å². The van der Waals surface area contributed by atoms with Gasteiger partial charge in [-0.1, -0.05) is 31.4 Å². The molecule has 0 aliphatic heterocycles. The molecule has 1 aromatic carbocycles. The van der Waals surface area contributed by atoms with Crippen molar-refractivity contribution in [3.8, 4) is 5.75 Å². The van der Waals surface area contributed by atoms with Gasteiger partial charge >= 0.3 is 0 Å². The zero-order valence-corrected chi connectivity index (χ0v) is 25.4. The number of nitrogens with one attached hydrogen (secondary N) is 2. The first-order chi connectivity index (χ1) is 20.3. The van der Waals surface area contributed by atoms with Crippen molar-refractivity contribution in [1.82, 2.24) is 20.4 Å². The van der Waals surface area contributed by atoms with Gasteiger partial charge in [-0.2, -0.15) is 5.10 Å². The summed E-state index contributed by atoms with van der Waals surface area (Å²) >= 11 is 0. The van der Waals surface area contributed by atoms with Crippen molar-refractivity contribution in [2.75, 3.05) is 52.5 Å². The van der Waals surface area contributed by atoms with E-state index in [1.165, 1.54) is 14.2 Å². The lowest BCUT2D eigenvalue weighted by atomic mass is 10.1. The van der Waals surface area contributed by atoms with Gasteiger partial charge in [0, 0.05) is 32.3 Å². The van der Waals surface area contributed by atoms with Gasteiger partial charge < -0.3 is 30.7 Å². The van der Waals surface area contributed by atoms with E-state index in [1.807, 2.05) is 24.8 Å². The summed E-state index contributed by atoms with van der Waals surface area (Å²) in [5.41, 5.74) is 8.22. The topological polar surface area (TPSA) is 153 Å². The average Bonchev–Trinajstić information content (AvgIpc) is 3.41. The lowest BCUT2D eigenvalue weighted by Crippen LogP contribution is -2.40. The monoisotopic (exact) mass is 583 g/mol. The minimum atomic E-state index is -0.268. The van der Waals surface area contributed by atoms with E-state index in [1.54, 1.807) is 42.1 Å². The number of hydrogen-bond acceptors (Lipinski definition) is 9. The zero-order valence-electron chi connectivity index (χ0n) is 25.4. The lowest BCUT2D eigenvalue weighted by Gasteiger charge is -2.28. The largest absolute Gasteiger partial charge is 0.494 e. The number of benzene rings is 1. The molecule has 0 spiro atoms. The SMILES string of the molecule is C=C/C=C(\C=C)COC.C=Nc1cc(C=O)cc(OC)c1N(CCCNC=O)CNC(=O)c1cc(C)nn1CC.CN. The van der Waals surface area contributed by atoms with Gasteiger partial charge in [0.1, 0.15) is 23.4 Å².